The lowest BCUT2D eigenvalue weighted by molar-refractivity contribution is -0.172. The van der Waals surface area contributed by atoms with Gasteiger partial charge in [-0.15, -0.1) is 23.2 Å². The first-order valence-electron chi connectivity index (χ1n) is 18.0. The molecule has 0 saturated heterocycles. The number of carboxylic acids is 1. The zero-order valence-electron chi connectivity index (χ0n) is 28.7. The van der Waals surface area contributed by atoms with Crippen LogP contribution in [0.4, 0.5) is 5.69 Å². The number of hydrogen-bond acceptors (Lipinski definition) is 6. The van der Waals surface area contributed by atoms with Crippen LogP contribution < -0.4 is 9.64 Å². The largest absolute Gasteiger partial charge is 0.478 e. The van der Waals surface area contributed by atoms with Crippen LogP contribution in [0.1, 0.15) is 84.8 Å². The third-order valence-corrected chi connectivity index (χ3v) is 12.1. The van der Waals surface area contributed by atoms with Gasteiger partial charge in [-0.1, -0.05) is 43.3 Å². The Kier molecular flexibility index (Phi) is 11.7. The van der Waals surface area contributed by atoms with E-state index in [0.29, 0.717) is 53.7 Å². The second kappa shape index (κ2) is 16.2. The molecule has 0 amide bonds. The van der Waals surface area contributed by atoms with E-state index < -0.39 is 18.0 Å². The third kappa shape index (κ3) is 7.84. The van der Waals surface area contributed by atoms with E-state index in [-0.39, 0.29) is 23.7 Å². The zero-order valence-corrected chi connectivity index (χ0v) is 30.2. The van der Waals surface area contributed by atoms with Crippen LogP contribution in [0.5, 0.6) is 5.75 Å². The van der Waals surface area contributed by atoms with E-state index in [1.54, 1.807) is 12.1 Å². The molecule has 3 aromatic rings. The number of aryl methyl sites for hydroxylation is 2. The van der Waals surface area contributed by atoms with E-state index in [4.69, 9.17) is 32.7 Å². The highest BCUT2D eigenvalue weighted by Crippen LogP contribution is 2.64. The Morgan fingerprint density at radius 1 is 0.940 bits per heavy atom. The summed E-state index contributed by atoms with van der Waals surface area (Å²) in [6, 6.07) is 23.3. The van der Waals surface area contributed by atoms with E-state index in [0.717, 1.165) is 62.9 Å². The number of nitrogens with zero attached hydrogens (tertiary/aromatic N) is 1. The summed E-state index contributed by atoms with van der Waals surface area (Å²) in [6.07, 6.45) is 5.74. The van der Waals surface area contributed by atoms with Gasteiger partial charge in [-0.25, -0.2) is 9.59 Å². The lowest BCUT2D eigenvalue weighted by atomic mass is 9.53. The number of alkyl halides is 2. The highest BCUT2D eigenvalue weighted by molar-refractivity contribution is 6.18. The van der Waals surface area contributed by atoms with Gasteiger partial charge in [0.15, 0.2) is 0 Å². The van der Waals surface area contributed by atoms with E-state index in [1.807, 2.05) is 42.5 Å². The monoisotopic (exact) mass is 719 g/mol. The average molecular weight is 721 g/mol. The van der Waals surface area contributed by atoms with Gasteiger partial charge in [0.25, 0.3) is 0 Å². The molecule has 6 rings (SSSR count). The van der Waals surface area contributed by atoms with Gasteiger partial charge in [0, 0.05) is 42.9 Å². The topological polar surface area (TPSA) is 93.1 Å². The van der Waals surface area contributed by atoms with Crippen molar-refractivity contribution in [3.63, 3.8) is 0 Å². The fourth-order valence-corrected chi connectivity index (χ4v) is 9.70. The fourth-order valence-electron chi connectivity index (χ4n) is 9.29. The Morgan fingerprint density at radius 2 is 1.68 bits per heavy atom. The summed E-state index contributed by atoms with van der Waals surface area (Å²) in [7, 11) is 0. The normalized spacial score (nSPS) is 24.3. The molecule has 3 aliphatic carbocycles. The first kappa shape index (κ1) is 36.2. The summed E-state index contributed by atoms with van der Waals surface area (Å²) in [5.41, 5.74) is 5.03. The fraction of sp³-hybridized carbons (Fsp3) is 0.488. The first-order valence-corrected chi connectivity index (χ1v) is 19.1. The molecule has 1 N–H and O–H groups in total. The van der Waals surface area contributed by atoms with Crippen LogP contribution in [0.3, 0.4) is 0 Å². The van der Waals surface area contributed by atoms with Crippen LogP contribution in [0, 0.1) is 23.2 Å². The second-order valence-corrected chi connectivity index (χ2v) is 15.1. The quantitative estimate of drug-likeness (QED) is 0.101. The number of aliphatic carboxylic acids is 1. The van der Waals surface area contributed by atoms with Crippen LogP contribution in [0.15, 0.2) is 72.8 Å². The third-order valence-electron chi connectivity index (χ3n) is 11.7. The molecule has 0 aliphatic heterocycles. The number of rotatable bonds is 14. The molecule has 0 bridgehead atoms. The van der Waals surface area contributed by atoms with E-state index in [2.05, 4.69) is 30.0 Å². The Hall–Kier alpha value is -3.55. The van der Waals surface area contributed by atoms with E-state index in [1.165, 1.54) is 11.1 Å². The maximum atomic E-state index is 13.0. The summed E-state index contributed by atoms with van der Waals surface area (Å²) in [6.45, 7) is 3.68. The lowest BCUT2D eigenvalue weighted by Crippen LogP contribution is -2.47. The standard InChI is InChI=1S/C41H47Cl2NO6/c1-41-21-20-33-32-17-15-31(49-40(48)28-7-3-2-4-8-28)26-29(32)12-16-34(33)35(41)18-19-36(41)38(39(46)47)50-37(45)9-5-6-27-10-13-30(14-11-27)44(24-22-42)25-23-43/h2-4,7-8,10-11,13-15,17,26,33-36,38H,5-6,9,12,16,18-25H2,1H3,(H,46,47)/t33-,34-,35+,36?,38?,41+/m1/s1. The Labute approximate surface area is 305 Å². The van der Waals surface area contributed by atoms with Crippen LogP contribution in [0.25, 0.3) is 0 Å². The molecular formula is C41H47Cl2NO6. The molecule has 50 heavy (non-hydrogen) atoms. The highest BCUT2D eigenvalue weighted by Gasteiger charge is 2.58. The molecule has 0 heterocycles. The van der Waals surface area contributed by atoms with Crippen LogP contribution in [0.2, 0.25) is 0 Å². The van der Waals surface area contributed by atoms with Crippen molar-refractivity contribution < 1.29 is 29.0 Å². The second-order valence-electron chi connectivity index (χ2n) is 14.4. The van der Waals surface area contributed by atoms with Crippen molar-refractivity contribution in [2.75, 3.05) is 29.7 Å². The number of carbonyl (C=O) groups excluding carboxylic acids is 2. The van der Waals surface area contributed by atoms with Gasteiger partial charge < -0.3 is 19.5 Å². The van der Waals surface area contributed by atoms with Crippen LogP contribution in [-0.4, -0.2) is 54.0 Å². The van der Waals surface area contributed by atoms with Crippen molar-refractivity contribution in [3.8, 4) is 5.75 Å². The minimum Gasteiger partial charge on any atom is -0.478 e. The van der Waals surface area contributed by atoms with Gasteiger partial charge in [-0.2, -0.15) is 0 Å². The zero-order chi connectivity index (χ0) is 35.3. The molecule has 6 atom stereocenters. The predicted octanol–water partition coefficient (Wildman–Crippen LogP) is 8.68. The number of benzene rings is 3. The summed E-state index contributed by atoms with van der Waals surface area (Å²) < 4.78 is 11.5. The number of carbonyl (C=O) groups is 3. The average Bonchev–Trinajstić information content (AvgIpc) is 3.47. The molecule has 2 fully saturated rings. The minimum absolute atomic E-state index is 0.174. The number of carboxylic acid groups (broad SMARTS) is 1. The summed E-state index contributed by atoms with van der Waals surface area (Å²) >= 11 is 11.9. The molecule has 2 unspecified atom stereocenters. The highest BCUT2D eigenvalue weighted by atomic mass is 35.5. The van der Waals surface area contributed by atoms with E-state index in [9.17, 15) is 19.5 Å². The summed E-state index contributed by atoms with van der Waals surface area (Å²) in [5.74, 6) is 0.727. The van der Waals surface area contributed by atoms with Gasteiger partial charge in [-0.3, -0.25) is 4.79 Å². The SMILES string of the molecule is C[C@]12CC[C@@H]3c4ccc(OC(=O)c5ccccc5)cc4CC[C@H]3[C@@H]1CCC2C(OC(=O)CCCc1ccc(N(CCCl)CCCl)cc1)C(=O)O. The number of ether oxygens (including phenoxy) is 2. The number of hydrogen-bond donors (Lipinski definition) is 1. The van der Waals surface area contributed by atoms with Crippen molar-refractivity contribution in [3.05, 3.63) is 95.1 Å². The number of halogens is 2. The van der Waals surface area contributed by atoms with Crippen molar-refractivity contribution in [1.29, 1.82) is 0 Å². The summed E-state index contributed by atoms with van der Waals surface area (Å²) in [5, 5.41) is 10.3. The van der Waals surface area contributed by atoms with Gasteiger partial charge in [0.2, 0.25) is 6.10 Å². The van der Waals surface area contributed by atoms with Crippen LogP contribution >= 0.6 is 23.2 Å². The van der Waals surface area contributed by atoms with Gasteiger partial charge in [0.05, 0.1) is 5.56 Å². The molecule has 0 radical (unpaired) electrons. The molecule has 0 spiro atoms. The number of fused-ring (bicyclic) bond motifs is 5. The molecule has 2 saturated carbocycles. The van der Waals surface area contributed by atoms with Crippen LogP contribution in [-0.2, 0) is 27.2 Å². The van der Waals surface area contributed by atoms with Gasteiger partial charge >= 0.3 is 17.9 Å². The maximum absolute atomic E-state index is 13.0. The lowest BCUT2D eigenvalue weighted by Gasteiger charge is -2.51. The molecular weight excluding hydrogens is 673 g/mol. The predicted molar refractivity (Wildman–Crippen MR) is 196 cm³/mol. The molecule has 7 nitrogen and oxygen atoms in total. The van der Waals surface area contributed by atoms with Crippen molar-refractivity contribution in [1.82, 2.24) is 0 Å². The van der Waals surface area contributed by atoms with Gasteiger partial charge in [0.1, 0.15) is 5.75 Å². The maximum Gasteiger partial charge on any atom is 0.345 e. The summed E-state index contributed by atoms with van der Waals surface area (Å²) in [4.78, 5) is 40.5. The van der Waals surface area contributed by atoms with Crippen molar-refractivity contribution in [2.45, 2.75) is 76.7 Å². The molecule has 9 heteroatoms. The molecule has 3 aromatic carbocycles. The minimum atomic E-state index is -1.14. The molecule has 3 aliphatic rings. The van der Waals surface area contributed by atoms with Crippen molar-refractivity contribution >= 4 is 46.8 Å². The molecule has 266 valence electrons. The smallest absolute Gasteiger partial charge is 0.345 e. The van der Waals surface area contributed by atoms with E-state index >= 15 is 0 Å². The first-order chi connectivity index (χ1) is 24.2. The number of anilines is 1. The Bertz CT molecular complexity index is 1640. The Morgan fingerprint density at radius 3 is 2.38 bits per heavy atom. The van der Waals surface area contributed by atoms with Gasteiger partial charge in [-0.05, 0) is 128 Å². The molecule has 0 aromatic heterocycles. The Balaban J connectivity index is 1.05. The number of esters is 2. The van der Waals surface area contributed by atoms with Crippen molar-refractivity contribution in [2.24, 2.45) is 23.2 Å².